The number of nitrogens with zero attached hydrogens (tertiary/aromatic N) is 3. The predicted octanol–water partition coefficient (Wildman–Crippen LogP) is 1.95. The molecule has 1 N–H and O–H groups in total. The van der Waals surface area contributed by atoms with Crippen LogP contribution < -0.4 is 10.2 Å². The molecule has 1 aliphatic rings. The van der Waals surface area contributed by atoms with Crippen LogP contribution in [0.15, 0.2) is 36.7 Å². The van der Waals surface area contributed by atoms with Crippen LogP contribution in [0.2, 0.25) is 0 Å². The van der Waals surface area contributed by atoms with E-state index in [0.717, 1.165) is 24.5 Å². The van der Waals surface area contributed by atoms with Crippen molar-refractivity contribution in [1.82, 2.24) is 14.9 Å². The van der Waals surface area contributed by atoms with Crippen LogP contribution in [0.25, 0.3) is 0 Å². The zero-order valence-corrected chi connectivity index (χ0v) is 12.2. The van der Waals surface area contributed by atoms with Gasteiger partial charge in [-0.1, -0.05) is 0 Å². The van der Waals surface area contributed by atoms with Gasteiger partial charge >= 0.3 is 0 Å². The van der Waals surface area contributed by atoms with E-state index < -0.39 is 0 Å². The van der Waals surface area contributed by atoms with Crippen LogP contribution >= 0.6 is 0 Å². The van der Waals surface area contributed by atoms with E-state index in [1.807, 2.05) is 42.2 Å². The van der Waals surface area contributed by atoms with Crippen molar-refractivity contribution in [1.29, 1.82) is 0 Å². The Morgan fingerprint density at radius 2 is 2.14 bits per heavy atom. The summed E-state index contributed by atoms with van der Waals surface area (Å²) in [5.41, 5.74) is 1.75. The third-order valence-corrected chi connectivity index (χ3v) is 3.87. The lowest BCUT2D eigenvalue weighted by Crippen LogP contribution is -2.25. The molecule has 1 fully saturated rings. The van der Waals surface area contributed by atoms with Crippen molar-refractivity contribution in [3.63, 3.8) is 0 Å². The molecule has 0 unspecified atom stereocenters. The van der Waals surface area contributed by atoms with Crippen LogP contribution in [0.4, 0.5) is 5.82 Å². The summed E-state index contributed by atoms with van der Waals surface area (Å²) in [6.07, 6.45) is 6.15. The minimum absolute atomic E-state index is 0.0537. The van der Waals surface area contributed by atoms with E-state index in [4.69, 9.17) is 0 Å². The Balaban J connectivity index is 1.64. The lowest BCUT2D eigenvalue weighted by molar-refractivity contribution is 0.0943. The average Bonchev–Trinajstić information content (AvgIpc) is 3.16. The van der Waals surface area contributed by atoms with Gasteiger partial charge in [0.25, 0.3) is 5.91 Å². The molecule has 5 nitrogen and oxygen atoms in total. The first-order chi connectivity index (χ1) is 10.2. The molecule has 0 saturated carbocycles. The molecule has 1 saturated heterocycles. The summed E-state index contributed by atoms with van der Waals surface area (Å²) in [5.74, 6) is 0.958. The highest BCUT2D eigenvalue weighted by molar-refractivity contribution is 5.92. The molecule has 1 amide bonds. The topological polar surface area (TPSA) is 50.2 Å². The van der Waals surface area contributed by atoms with Gasteiger partial charge in [-0.05, 0) is 42.7 Å². The zero-order valence-electron chi connectivity index (χ0n) is 12.2. The molecule has 0 radical (unpaired) electrons. The molecule has 2 aromatic heterocycles. The van der Waals surface area contributed by atoms with Crippen molar-refractivity contribution in [3.8, 4) is 0 Å². The van der Waals surface area contributed by atoms with Crippen molar-refractivity contribution in [3.05, 3.63) is 47.9 Å². The fourth-order valence-electron chi connectivity index (χ4n) is 2.66. The highest BCUT2D eigenvalue weighted by Gasteiger charge is 2.14. The number of hydrogen-bond acceptors (Lipinski definition) is 3. The van der Waals surface area contributed by atoms with Gasteiger partial charge in [0.2, 0.25) is 0 Å². The first kappa shape index (κ1) is 13.7. The largest absolute Gasteiger partial charge is 0.357 e. The van der Waals surface area contributed by atoms with Gasteiger partial charge < -0.3 is 14.8 Å². The number of nitrogens with one attached hydrogen (secondary N) is 1. The number of aromatic nitrogens is 2. The van der Waals surface area contributed by atoms with E-state index in [2.05, 4.69) is 21.3 Å². The molecule has 3 heterocycles. The Morgan fingerprint density at radius 3 is 2.86 bits per heavy atom. The number of hydrogen-bond donors (Lipinski definition) is 1. The van der Waals surface area contributed by atoms with Gasteiger partial charge in [-0.25, -0.2) is 4.98 Å². The number of carbonyl (C=O) groups is 1. The molecule has 0 bridgehead atoms. The second-order valence-corrected chi connectivity index (χ2v) is 5.40. The lowest BCUT2D eigenvalue weighted by atomic mass is 10.2. The molecule has 0 spiro atoms. The Hall–Kier alpha value is -2.30. The van der Waals surface area contributed by atoms with Crippen LogP contribution in [-0.4, -0.2) is 28.5 Å². The summed E-state index contributed by atoms with van der Waals surface area (Å²) in [6.45, 7) is 2.67. The van der Waals surface area contributed by atoms with Crippen LogP contribution in [0.1, 0.15) is 28.9 Å². The van der Waals surface area contributed by atoms with Crippen LogP contribution in [0.3, 0.4) is 0 Å². The third kappa shape index (κ3) is 3.07. The van der Waals surface area contributed by atoms with Gasteiger partial charge in [-0.15, -0.1) is 0 Å². The summed E-state index contributed by atoms with van der Waals surface area (Å²) in [5, 5.41) is 2.95. The Morgan fingerprint density at radius 1 is 1.33 bits per heavy atom. The summed E-state index contributed by atoms with van der Waals surface area (Å²) in [6, 6.07) is 7.70. The van der Waals surface area contributed by atoms with Crippen LogP contribution in [0.5, 0.6) is 0 Å². The number of anilines is 1. The smallest absolute Gasteiger partial charge is 0.268 e. The third-order valence-electron chi connectivity index (χ3n) is 3.87. The number of aryl methyl sites for hydroxylation is 1. The molecule has 21 heavy (non-hydrogen) atoms. The maximum atomic E-state index is 12.1. The molecule has 0 aliphatic carbocycles. The fourth-order valence-corrected chi connectivity index (χ4v) is 2.66. The first-order valence-electron chi connectivity index (χ1n) is 7.33. The molecule has 3 rings (SSSR count). The zero-order chi connectivity index (χ0) is 14.7. The van der Waals surface area contributed by atoms with Crippen LogP contribution in [-0.2, 0) is 13.6 Å². The fraction of sp³-hybridized carbons (Fsp3) is 0.375. The van der Waals surface area contributed by atoms with E-state index in [0.29, 0.717) is 12.2 Å². The maximum absolute atomic E-state index is 12.1. The number of carbonyl (C=O) groups excluding carboxylic acids is 1. The van der Waals surface area contributed by atoms with Gasteiger partial charge in [0.1, 0.15) is 11.5 Å². The molecule has 2 aromatic rings. The minimum Gasteiger partial charge on any atom is -0.357 e. The van der Waals surface area contributed by atoms with Crippen molar-refractivity contribution >= 4 is 11.7 Å². The summed E-state index contributed by atoms with van der Waals surface area (Å²) < 4.78 is 1.82. The summed E-state index contributed by atoms with van der Waals surface area (Å²) in [4.78, 5) is 18.8. The molecule has 0 atom stereocenters. The minimum atomic E-state index is -0.0537. The van der Waals surface area contributed by atoms with Gasteiger partial charge in [0.05, 0.1) is 0 Å². The van der Waals surface area contributed by atoms with Gasteiger partial charge in [0.15, 0.2) is 0 Å². The van der Waals surface area contributed by atoms with Gasteiger partial charge in [0, 0.05) is 39.1 Å². The second kappa shape index (κ2) is 5.99. The maximum Gasteiger partial charge on any atom is 0.268 e. The Kier molecular flexibility index (Phi) is 3.90. The Labute approximate surface area is 124 Å². The van der Waals surface area contributed by atoms with E-state index in [1.165, 1.54) is 12.8 Å². The first-order valence-corrected chi connectivity index (χ1v) is 7.33. The number of rotatable bonds is 4. The molecular weight excluding hydrogens is 264 g/mol. The van der Waals surface area contributed by atoms with E-state index in [1.54, 1.807) is 0 Å². The summed E-state index contributed by atoms with van der Waals surface area (Å²) in [7, 11) is 1.87. The van der Waals surface area contributed by atoms with Gasteiger partial charge in [-0.3, -0.25) is 4.79 Å². The highest BCUT2D eigenvalue weighted by atomic mass is 16.1. The standard InChI is InChI=1S/C16H20N4O/c1-19-8-4-5-14(19)16(21)18-12-13-6-7-17-15(11-13)20-9-2-3-10-20/h4-8,11H,2-3,9-10,12H2,1H3,(H,18,21). The van der Waals surface area contributed by atoms with Crippen LogP contribution in [0, 0.1) is 0 Å². The van der Waals surface area contributed by atoms with Crippen molar-refractivity contribution in [2.75, 3.05) is 18.0 Å². The van der Waals surface area contributed by atoms with Crippen molar-refractivity contribution in [2.45, 2.75) is 19.4 Å². The van der Waals surface area contributed by atoms with E-state index >= 15 is 0 Å². The molecule has 110 valence electrons. The number of pyridine rings is 1. The average molecular weight is 284 g/mol. The van der Waals surface area contributed by atoms with E-state index in [9.17, 15) is 4.79 Å². The molecule has 0 aromatic carbocycles. The molecular formula is C16H20N4O. The predicted molar refractivity (Wildman–Crippen MR) is 82.3 cm³/mol. The number of amides is 1. The van der Waals surface area contributed by atoms with Crippen molar-refractivity contribution < 1.29 is 4.79 Å². The molecule has 5 heteroatoms. The molecule has 1 aliphatic heterocycles. The quantitative estimate of drug-likeness (QED) is 0.933. The van der Waals surface area contributed by atoms with E-state index in [-0.39, 0.29) is 5.91 Å². The summed E-state index contributed by atoms with van der Waals surface area (Å²) >= 11 is 0. The SMILES string of the molecule is Cn1cccc1C(=O)NCc1ccnc(N2CCCC2)c1. The Bertz CT molecular complexity index is 629. The monoisotopic (exact) mass is 284 g/mol. The second-order valence-electron chi connectivity index (χ2n) is 5.40. The lowest BCUT2D eigenvalue weighted by Gasteiger charge is -2.17. The normalized spacial score (nSPS) is 14.4. The van der Waals surface area contributed by atoms with Crippen molar-refractivity contribution in [2.24, 2.45) is 7.05 Å². The highest BCUT2D eigenvalue weighted by Crippen LogP contribution is 2.18. The van der Waals surface area contributed by atoms with Gasteiger partial charge in [-0.2, -0.15) is 0 Å².